The lowest BCUT2D eigenvalue weighted by Gasteiger charge is -2.12. The Morgan fingerprint density at radius 1 is 1.24 bits per heavy atom. The van der Waals surface area contributed by atoms with Gasteiger partial charge in [0.2, 0.25) is 5.95 Å². The Bertz CT molecular complexity index is 604. The number of hydrogen-bond donors (Lipinski definition) is 1. The van der Waals surface area contributed by atoms with E-state index in [4.69, 9.17) is 0 Å². The number of halogens is 2. The van der Waals surface area contributed by atoms with Crippen molar-refractivity contribution in [1.82, 2.24) is 9.55 Å². The maximum Gasteiger partial charge on any atom is 0.224 e. The number of rotatable bonds is 1. The van der Waals surface area contributed by atoms with E-state index in [-0.39, 0.29) is 0 Å². The monoisotopic (exact) mass is 234 g/mol. The Balaban J connectivity index is 2.10. The summed E-state index contributed by atoms with van der Waals surface area (Å²) >= 11 is 0. The molecule has 0 spiro atoms. The van der Waals surface area contributed by atoms with Crippen LogP contribution < -0.4 is 5.43 Å². The average Bonchev–Trinajstić information content (AvgIpc) is 2.76. The van der Waals surface area contributed by atoms with Crippen molar-refractivity contribution in [2.45, 2.75) is 6.54 Å². The molecule has 1 aliphatic heterocycles. The van der Waals surface area contributed by atoms with Crippen molar-refractivity contribution in [3.05, 3.63) is 36.0 Å². The number of hydrogen-bond acceptors (Lipinski definition) is 3. The van der Waals surface area contributed by atoms with Gasteiger partial charge in [-0.25, -0.2) is 19.2 Å². The van der Waals surface area contributed by atoms with Gasteiger partial charge in [-0.2, -0.15) is 5.10 Å². The molecular weight excluding hydrogens is 226 g/mol. The molecule has 0 aliphatic carbocycles. The zero-order valence-corrected chi connectivity index (χ0v) is 8.69. The molecule has 6 heteroatoms. The predicted octanol–water partition coefficient (Wildman–Crippen LogP) is 2.24. The van der Waals surface area contributed by atoms with Gasteiger partial charge in [0.1, 0.15) is 0 Å². The van der Waals surface area contributed by atoms with Crippen LogP contribution in [0.1, 0.15) is 0 Å². The second-order valence-corrected chi connectivity index (χ2v) is 3.63. The van der Waals surface area contributed by atoms with Crippen molar-refractivity contribution in [1.29, 1.82) is 0 Å². The molecule has 0 amide bonds. The Morgan fingerprint density at radius 3 is 2.94 bits per heavy atom. The molecule has 1 aliphatic rings. The van der Waals surface area contributed by atoms with Crippen molar-refractivity contribution in [2.24, 2.45) is 5.10 Å². The van der Waals surface area contributed by atoms with Crippen molar-refractivity contribution < 1.29 is 8.78 Å². The number of nitrogens with one attached hydrogen (secondary N) is 1. The summed E-state index contributed by atoms with van der Waals surface area (Å²) < 4.78 is 27.8. The third-order valence-corrected chi connectivity index (χ3v) is 2.59. The molecule has 1 N–H and O–H groups in total. The van der Waals surface area contributed by atoms with Gasteiger partial charge in [-0.05, 0) is 18.2 Å². The zero-order chi connectivity index (χ0) is 11.8. The van der Waals surface area contributed by atoms with Gasteiger partial charge in [0, 0.05) is 11.8 Å². The Hall–Kier alpha value is -2.24. The molecule has 1 aromatic carbocycles. The topological polar surface area (TPSA) is 42.2 Å². The van der Waals surface area contributed by atoms with Gasteiger partial charge in [-0.1, -0.05) is 0 Å². The summed E-state index contributed by atoms with van der Waals surface area (Å²) in [6, 6.07) is 3.79. The van der Waals surface area contributed by atoms with Crippen LogP contribution in [0.3, 0.4) is 0 Å². The first kappa shape index (κ1) is 9.95. The highest BCUT2D eigenvalue weighted by atomic mass is 19.2. The van der Waals surface area contributed by atoms with Gasteiger partial charge in [0.25, 0.3) is 0 Å². The predicted molar refractivity (Wildman–Crippen MR) is 59.7 cm³/mol. The van der Waals surface area contributed by atoms with Crippen molar-refractivity contribution in [3.63, 3.8) is 0 Å². The molecule has 4 nitrogen and oxygen atoms in total. The van der Waals surface area contributed by atoms with Gasteiger partial charge in [0.05, 0.1) is 18.4 Å². The van der Waals surface area contributed by atoms with Crippen molar-refractivity contribution in [3.8, 4) is 11.3 Å². The van der Waals surface area contributed by atoms with Crippen LogP contribution in [-0.4, -0.2) is 15.8 Å². The van der Waals surface area contributed by atoms with E-state index in [1.807, 2.05) is 4.57 Å². The van der Waals surface area contributed by atoms with E-state index in [0.717, 1.165) is 17.8 Å². The third kappa shape index (κ3) is 1.57. The number of nitrogens with zero attached hydrogens (tertiary/aromatic N) is 3. The normalized spacial score (nSPS) is 13.3. The van der Waals surface area contributed by atoms with Gasteiger partial charge >= 0.3 is 0 Å². The fourth-order valence-electron chi connectivity index (χ4n) is 1.76. The summed E-state index contributed by atoms with van der Waals surface area (Å²) in [5.41, 5.74) is 4.04. The third-order valence-electron chi connectivity index (χ3n) is 2.59. The minimum Gasteiger partial charge on any atom is -0.303 e. The van der Waals surface area contributed by atoms with E-state index in [1.54, 1.807) is 12.4 Å². The smallest absolute Gasteiger partial charge is 0.224 e. The molecule has 3 rings (SSSR count). The van der Waals surface area contributed by atoms with Gasteiger partial charge in [-0.15, -0.1) is 0 Å². The van der Waals surface area contributed by atoms with Crippen LogP contribution >= 0.6 is 0 Å². The van der Waals surface area contributed by atoms with Crippen LogP contribution in [0.4, 0.5) is 14.7 Å². The molecule has 0 unspecified atom stereocenters. The van der Waals surface area contributed by atoms with Crippen LogP contribution in [0, 0.1) is 11.6 Å². The van der Waals surface area contributed by atoms with Crippen LogP contribution in [0.5, 0.6) is 0 Å². The van der Waals surface area contributed by atoms with Gasteiger partial charge in [-0.3, -0.25) is 0 Å². The largest absolute Gasteiger partial charge is 0.303 e. The van der Waals surface area contributed by atoms with Gasteiger partial charge < -0.3 is 4.57 Å². The van der Waals surface area contributed by atoms with E-state index >= 15 is 0 Å². The number of benzene rings is 1. The van der Waals surface area contributed by atoms with Crippen LogP contribution in [0.25, 0.3) is 11.3 Å². The number of aromatic nitrogens is 2. The van der Waals surface area contributed by atoms with E-state index in [9.17, 15) is 8.78 Å². The van der Waals surface area contributed by atoms with Crippen molar-refractivity contribution in [2.75, 3.05) is 5.43 Å². The summed E-state index contributed by atoms with van der Waals surface area (Å²) in [7, 11) is 0. The van der Waals surface area contributed by atoms with Crippen LogP contribution in [0.15, 0.2) is 29.5 Å². The van der Waals surface area contributed by atoms with E-state index in [1.165, 1.54) is 6.07 Å². The lowest BCUT2D eigenvalue weighted by Crippen LogP contribution is -2.11. The molecule has 2 aromatic rings. The molecule has 1 aromatic heterocycles. The number of imidazole rings is 1. The SMILES string of the molecule is Fc1ccc(-c2cnc3n2CC=NN3)cc1F. The number of fused-ring (bicyclic) bond motifs is 1. The maximum absolute atomic E-state index is 13.2. The highest BCUT2D eigenvalue weighted by molar-refractivity contribution is 5.68. The van der Waals surface area contributed by atoms with E-state index in [2.05, 4.69) is 15.5 Å². The molecule has 17 heavy (non-hydrogen) atoms. The molecule has 0 radical (unpaired) electrons. The first-order valence-electron chi connectivity index (χ1n) is 5.04. The van der Waals surface area contributed by atoms with Gasteiger partial charge in [0.15, 0.2) is 11.6 Å². The quantitative estimate of drug-likeness (QED) is 0.822. The first-order valence-corrected chi connectivity index (χ1v) is 5.04. The highest BCUT2D eigenvalue weighted by Crippen LogP contribution is 2.25. The molecule has 2 heterocycles. The second kappa shape index (κ2) is 3.65. The van der Waals surface area contributed by atoms with Crippen molar-refractivity contribution >= 4 is 12.2 Å². The second-order valence-electron chi connectivity index (χ2n) is 3.63. The molecule has 0 atom stereocenters. The van der Waals surface area contributed by atoms with E-state index in [0.29, 0.717) is 18.1 Å². The molecular formula is C11H8F2N4. The Morgan fingerprint density at radius 2 is 2.12 bits per heavy atom. The summed E-state index contributed by atoms with van der Waals surface area (Å²) in [5.74, 6) is -1.13. The summed E-state index contributed by atoms with van der Waals surface area (Å²) in [4.78, 5) is 4.11. The lowest BCUT2D eigenvalue weighted by molar-refractivity contribution is 0.509. The molecule has 0 fully saturated rings. The first-order chi connectivity index (χ1) is 8.25. The maximum atomic E-state index is 13.2. The zero-order valence-electron chi connectivity index (χ0n) is 8.69. The Kier molecular flexibility index (Phi) is 2.14. The molecule has 0 bridgehead atoms. The number of hydrazone groups is 1. The fourth-order valence-corrected chi connectivity index (χ4v) is 1.76. The minimum absolute atomic E-state index is 0.552. The highest BCUT2D eigenvalue weighted by Gasteiger charge is 2.14. The average molecular weight is 234 g/mol. The molecule has 86 valence electrons. The lowest BCUT2D eigenvalue weighted by atomic mass is 10.1. The van der Waals surface area contributed by atoms with Crippen LogP contribution in [-0.2, 0) is 6.54 Å². The van der Waals surface area contributed by atoms with Crippen LogP contribution in [0.2, 0.25) is 0 Å². The fraction of sp³-hybridized carbons (Fsp3) is 0.0909. The molecule has 0 saturated heterocycles. The molecule has 0 saturated carbocycles. The summed E-state index contributed by atoms with van der Waals surface area (Å²) in [5, 5.41) is 3.86. The van der Waals surface area contributed by atoms with E-state index < -0.39 is 11.6 Å². The minimum atomic E-state index is -0.865. The standard InChI is InChI=1S/C11H8F2N4/c12-8-2-1-7(5-9(8)13)10-6-14-11-16-15-3-4-17(10)11/h1-3,5-6H,4H2,(H,14,16). The Labute approximate surface area is 95.6 Å². The summed E-state index contributed by atoms with van der Waals surface area (Å²) in [6.07, 6.45) is 3.28. The number of anilines is 1. The summed E-state index contributed by atoms with van der Waals surface area (Å²) in [6.45, 7) is 0.552.